The number of Topliss-reactive ketones (excluding diaryl/α,β-unsaturated/α-hetero) is 1. The molecule has 1 N–H and O–H groups in total. The molecule has 1 aliphatic carbocycles. The zero-order valence-electron chi connectivity index (χ0n) is 23.7. The third-order valence-corrected chi connectivity index (χ3v) is 8.82. The number of thiophene rings is 1. The molecule has 0 amide bonds. The van der Waals surface area contributed by atoms with Crippen LogP contribution in [0.15, 0.2) is 58.9 Å². The van der Waals surface area contributed by atoms with Crippen LogP contribution in [0, 0.1) is 5.92 Å². The van der Waals surface area contributed by atoms with E-state index in [0.29, 0.717) is 34.7 Å². The van der Waals surface area contributed by atoms with E-state index in [-0.39, 0.29) is 24.4 Å². The van der Waals surface area contributed by atoms with Gasteiger partial charge in [-0.3, -0.25) is 9.59 Å². The lowest BCUT2D eigenvalue weighted by molar-refractivity contribution is -0.152. The largest absolute Gasteiger partial charge is 0.496 e. The Kier molecular flexibility index (Phi) is 8.35. The molecule has 0 bridgehead atoms. The summed E-state index contributed by atoms with van der Waals surface area (Å²) in [7, 11) is 1.57. The van der Waals surface area contributed by atoms with Gasteiger partial charge in [-0.2, -0.15) is 0 Å². The number of hydrogen-bond donors (Lipinski definition) is 1. The predicted molar refractivity (Wildman–Crippen MR) is 151 cm³/mol. The molecule has 0 unspecified atom stereocenters. The maximum absolute atomic E-state index is 14.5. The molecule has 208 valence electrons. The average molecular weight is 552 g/mol. The number of benzene rings is 1. The lowest BCUT2D eigenvalue weighted by atomic mass is 9.68. The van der Waals surface area contributed by atoms with Gasteiger partial charge in [-0.1, -0.05) is 39.0 Å². The molecular formula is C31H37NO6S. The molecule has 0 radical (unpaired) electrons. The van der Waals surface area contributed by atoms with Crippen molar-refractivity contribution in [3.63, 3.8) is 0 Å². The number of ketones is 1. The Morgan fingerprint density at radius 3 is 2.36 bits per heavy atom. The SMILES string of the molecule is CCOC(=O)C1=C(C)NC2=C(C(=O)[C@H](C(=O)OCC)[C@H](c3ccccc3OC)C2)[C@H]1c1ccc(C(C)(C)C)s1. The van der Waals surface area contributed by atoms with E-state index < -0.39 is 29.7 Å². The molecule has 0 saturated carbocycles. The lowest BCUT2D eigenvalue weighted by Gasteiger charge is -2.39. The molecule has 1 aromatic carbocycles. The molecule has 3 atom stereocenters. The quantitative estimate of drug-likeness (QED) is 0.345. The van der Waals surface area contributed by atoms with E-state index >= 15 is 0 Å². The zero-order valence-corrected chi connectivity index (χ0v) is 24.5. The third kappa shape index (κ3) is 5.39. The highest BCUT2D eigenvalue weighted by molar-refractivity contribution is 7.12. The van der Waals surface area contributed by atoms with Crippen LogP contribution in [0.4, 0.5) is 0 Å². The van der Waals surface area contributed by atoms with Crippen molar-refractivity contribution in [1.82, 2.24) is 5.32 Å². The van der Waals surface area contributed by atoms with Crippen molar-refractivity contribution in [1.29, 1.82) is 0 Å². The van der Waals surface area contributed by atoms with E-state index in [0.717, 1.165) is 15.3 Å². The lowest BCUT2D eigenvalue weighted by Crippen LogP contribution is -2.43. The first-order chi connectivity index (χ1) is 18.5. The molecule has 0 fully saturated rings. The van der Waals surface area contributed by atoms with Gasteiger partial charge < -0.3 is 19.5 Å². The van der Waals surface area contributed by atoms with Crippen LogP contribution in [-0.2, 0) is 29.3 Å². The number of dihydropyridines is 1. The van der Waals surface area contributed by atoms with Crippen LogP contribution in [0.5, 0.6) is 5.75 Å². The molecule has 0 spiro atoms. The number of hydrogen-bond acceptors (Lipinski definition) is 8. The molecule has 2 aliphatic rings. The van der Waals surface area contributed by atoms with Crippen molar-refractivity contribution in [2.45, 2.75) is 65.2 Å². The standard InChI is InChI=1S/C31H37NO6S/c1-8-37-29(34)24-17(3)32-20-16-19(18-12-10-11-13-21(18)36-7)25(30(35)38-9-2)28(33)26(20)27(24)22-14-15-23(39-22)31(4,5)6/h10-15,19,25,27,32H,8-9,16H2,1-7H3/t19-,25+,27-/m0/s1. The fourth-order valence-corrected chi connectivity index (χ4v) is 6.66. The zero-order chi connectivity index (χ0) is 28.5. The Bertz CT molecular complexity index is 1340. The van der Waals surface area contributed by atoms with Gasteiger partial charge in [0.2, 0.25) is 0 Å². The van der Waals surface area contributed by atoms with Crippen LogP contribution >= 0.6 is 11.3 Å². The van der Waals surface area contributed by atoms with E-state index in [2.05, 4.69) is 26.1 Å². The number of esters is 2. The van der Waals surface area contributed by atoms with E-state index in [1.807, 2.05) is 43.3 Å². The van der Waals surface area contributed by atoms with Gasteiger partial charge in [0.1, 0.15) is 11.7 Å². The van der Waals surface area contributed by atoms with Crippen molar-refractivity contribution in [2.24, 2.45) is 5.92 Å². The van der Waals surface area contributed by atoms with Crippen molar-refractivity contribution in [3.8, 4) is 5.75 Å². The van der Waals surface area contributed by atoms with E-state index in [1.165, 1.54) is 0 Å². The predicted octanol–water partition coefficient (Wildman–Crippen LogP) is 5.77. The number of rotatable bonds is 7. The Labute approximate surface area is 234 Å². The number of allylic oxidation sites excluding steroid dienone is 3. The first-order valence-corrected chi connectivity index (χ1v) is 14.2. The van der Waals surface area contributed by atoms with Crippen LogP contribution in [0.3, 0.4) is 0 Å². The van der Waals surface area contributed by atoms with E-state index in [4.69, 9.17) is 14.2 Å². The minimum Gasteiger partial charge on any atom is -0.496 e. The molecule has 39 heavy (non-hydrogen) atoms. The normalized spacial score (nSPS) is 21.3. The summed E-state index contributed by atoms with van der Waals surface area (Å²) < 4.78 is 16.5. The first-order valence-electron chi connectivity index (χ1n) is 13.3. The summed E-state index contributed by atoms with van der Waals surface area (Å²) in [5, 5.41) is 3.35. The number of carbonyl (C=O) groups excluding carboxylic acids is 3. The molecule has 8 heteroatoms. The number of ether oxygens (including phenoxy) is 3. The smallest absolute Gasteiger partial charge is 0.336 e. The van der Waals surface area contributed by atoms with E-state index in [1.54, 1.807) is 32.3 Å². The van der Waals surface area contributed by atoms with Crippen LogP contribution in [-0.4, -0.2) is 38.0 Å². The van der Waals surface area contributed by atoms with Crippen LogP contribution in [0.2, 0.25) is 0 Å². The number of carbonyl (C=O) groups is 3. The van der Waals surface area contributed by atoms with Gasteiger partial charge in [-0.05, 0) is 56.4 Å². The average Bonchev–Trinajstić information content (AvgIpc) is 3.39. The summed E-state index contributed by atoms with van der Waals surface area (Å²) >= 11 is 1.58. The van der Waals surface area contributed by atoms with Crippen molar-refractivity contribution in [3.05, 3.63) is 74.3 Å². The minimum absolute atomic E-state index is 0.102. The van der Waals surface area contributed by atoms with Gasteiger partial charge in [0, 0.05) is 32.6 Å². The number of nitrogens with one attached hydrogen (secondary N) is 1. The number of methoxy groups -OCH3 is 1. The maximum Gasteiger partial charge on any atom is 0.336 e. The van der Waals surface area contributed by atoms with E-state index in [9.17, 15) is 14.4 Å². The van der Waals surface area contributed by atoms with Gasteiger partial charge >= 0.3 is 11.9 Å². The second-order valence-corrected chi connectivity index (χ2v) is 11.9. The highest BCUT2D eigenvalue weighted by Crippen LogP contribution is 2.51. The van der Waals surface area contributed by atoms with Gasteiger partial charge in [0.15, 0.2) is 5.78 Å². The summed E-state index contributed by atoms with van der Waals surface area (Å²) in [6.45, 7) is 12.1. The van der Waals surface area contributed by atoms with Gasteiger partial charge in [-0.25, -0.2) is 4.79 Å². The Balaban J connectivity index is 1.92. The summed E-state index contributed by atoms with van der Waals surface area (Å²) in [6.07, 6.45) is 0.381. The summed E-state index contributed by atoms with van der Waals surface area (Å²) in [6, 6.07) is 11.5. The second kappa shape index (κ2) is 11.4. The fraction of sp³-hybridized carbons (Fsp3) is 0.452. The van der Waals surface area contributed by atoms with Gasteiger partial charge in [0.25, 0.3) is 0 Å². The molecule has 2 aromatic rings. The Morgan fingerprint density at radius 1 is 1.05 bits per heavy atom. The van der Waals surface area contributed by atoms with Gasteiger partial charge in [0.05, 0.1) is 31.8 Å². The van der Waals surface area contributed by atoms with Crippen molar-refractivity contribution in [2.75, 3.05) is 20.3 Å². The topological polar surface area (TPSA) is 90.9 Å². The van der Waals surface area contributed by atoms with Crippen molar-refractivity contribution < 1.29 is 28.6 Å². The molecule has 2 heterocycles. The summed E-state index contributed by atoms with van der Waals surface area (Å²) in [4.78, 5) is 43.2. The van der Waals surface area contributed by atoms with Crippen LogP contribution < -0.4 is 10.1 Å². The second-order valence-electron chi connectivity index (χ2n) is 10.8. The van der Waals surface area contributed by atoms with Crippen LogP contribution in [0.1, 0.15) is 75.1 Å². The highest BCUT2D eigenvalue weighted by Gasteiger charge is 2.50. The molecular weight excluding hydrogens is 514 g/mol. The van der Waals surface area contributed by atoms with Crippen LogP contribution in [0.25, 0.3) is 0 Å². The molecule has 7 nitrogen and oxygen atoms in total. The Morgan fingerprint density at radius 2 is 1.74 bits per heavy atom. The van der Waals surface area contributed by atoms with Crippen molar-refractivity contribution >= 4 is 29.1 Å². The molecule has 1 aromatic heterocycles. The van der Waals surface area contributed by atoms with Gasteiger partial charge in [-0.15, -0.1) is 11.3 Å². The molecule has 4 rings (SSSR count). The highest BCUT2D eigenvalue weighted by atomic mass is 32.1. The molecule has 1 aliphatic heterocycles. The Hall–Kier alpha value is -3.39. The summed E-state index contributed by atoms with van der Waals surface area (Å²) in [5.74, 6) is -3.01. The third-order valence-electron chi connectivity index (χ3n) is 7.24. The minimum atomic E-state index is -1.08. The fourth-order valence-electron chi connectivity index (χ4n) is 5.48. The number of para-hydroxylation sites is 1. The maximum atomic E-state index is 14.5. The first kappa shape index (κ1) is 28.6. The summed E-state index contributed by atoms with van der Waals surface area (Å²) in [5.41, 5.74) is 2.83. The molecule has 0 saturated heterocycles. The monoisotopic (exact) mass is 551 g/mol.